The second-order valence-corrected chi connectivity index (χ2v) is 7.23. The topological polar surface area (TPSA) is 96.0 Å². The molecule has 1 aromatic heterocycles. The largest absolute Gasteiger partial charge is 0.367 e. The zero-order valence-corrected chi connectivity index (χ0v) is 16.4. The minimum absolute atomic E-state index is 0.163. The highest BCUT2D eigenvalue weighted by atomic mass is 16.2. The van der Waals surface area contributed by atoms with Crippen LogP contribution in [0.4, 0.5) is 17.2 Å². The van der Waals surface area contributed by atoms with E-state index >= 15 is 0 Å². The summed E-state index contributed by atoms with van der Waals surface area (Å²) in [7, 11) is 0. The average molecular weight is 381 g/mol. The van der Waals surface area contributed by atoms with Crippen LogP contribution in [0.5, 0.6) is 0 Å². The number of aromatic nitrogens is 2. The molecule has 0 atom stereocenters. The molecule has 1 aliphatic rings. The van der Waals surface area contributed by atoms with Crippen molar-refractivity contribution < 1.29 is 9.59 Å². The number of benzene rings is 1. The van der Waals surface area contributed by atoms with E-state index in [1.165, 1.54) is 32.6 Å². The van der Waals surface area contributed by atoms with Gasteiger partial charge in [0.2, 0.25) is 5.91 Å². The Bertz CT molecular complexity index is 844. The molecule has 148 valence electrons. The molecule has 1 aromatic carbocycles. The number of anilines is 3. The monoisotopic (exact) mass is 381 g/mol. The van der Waals surface area contributed by atoms with Crippen molar-refractivity contribution in [2.75, 3.05) is 16.0 Å². The van der Waals surface area contributed by atoms with Gasteiger partial charge in [0.15, 0.2) is 0 Å². The summed E-state index contributed by atoms with van der Waals surface area (Å²) in [6.45, 7) is 3.23. The van der Waals surface area contributed by atoms with Crippen LogP contribution in [0.2, 0.25) is 0 Å². The second kappa shape index (κ2) is 9.30. The van der Waals surface area contributed by atoms with Crippen molar-refractivity contribution >= 4 is 29.0 Å². The molecule has 0 aliphatic heterocycles. The fourth-order valence-electron chi connectivity index (χ4n) is 3.46. The first-order valence-corrected chi connectivity index (χ1v) is 9.81. The van der Waals surface area contributed by atoms with Crippen LogP contribution in [-0.4, -0.2) is 27.8 Å². The molecular formula is C21H27N5O2. The summed E-state index contributed by atoms with van der Waals surface area (Å²) in [6, 6.07) is 9.10. The number of carbonyl (C=O) groups excluding carboxylic acids is 2. The van der Waals surface area contributed by atoms with Crippen LogP contribution in [0.25, 0.3) is 0 Å². The van der Waals surface area contributed by atoms with Crippen LogP contribution in [0.15, 0.2) is 30.3 Å². The van der Waals surface area contributed by atoms with Gasteiger partial charge in [-0.3, -0.25) is 9.59 Å². The van der Waals surface area contributed by atoms with E-state index in [0.29, 0.717) is 34.8 Å². The second-order valence-electron chi connectivity index (χ2n) is 7.23. The van der Waals surface area contributed by atoms with Crippen LogP contribution in [0, 0.1) is 6.92 Å². The maximum atomic E-state index is 12.7. The molecule has 1 aliphatic carbocycles. The van der Waals surface area contributed by atoms with Gasteiger partial charge in [0.05, 0.1) is 0 Å². The number of hydrogen-bond donors (Lipinski definition) is 3. The van der Waals surface area contributed by atoms with Gasteiger partial charge in [-0.2, -0.15) is 0 Å². The zero-order chi connectivity index (χ0) is 19.9. The Morgan fingerprint density at radius 3 is 2.32 bits per heavy atom. The first kappa shape index (κ1) is 19.8. The van der Waals surface area contributed by atoms with Crippen LogP contribution in [0.1, 0.15) is 61.8 Å². The Labute approximate surface area is 165 Å². The van der Waals surface area contributed by atoms with E-state index < -0.39 is 0 Å². The number of amides is 2. The molecule has 0 spiro atoms. The Balaban J connectivity index is 1.71. The highest BCUT2D eigenvalue weighted by Crippen LogP contribution is 2.21. The van der Waals surface area contributed by atoms with Gasteiger partial charge in [-0.1, -0.05) is 31.7 Å². The molecular weight excluding hydrogens is 354 g/mol. The van der Waals surface area contributed by atoms with Gasteiger partial charge in [0.1, 0.15) is 17.3 Å². The molecule has 2 aromatic rings. The third-order valence-electron chi connectivity index (χ3n) is 4.72. The standard InChI is InChI=1S/C21H27N5O2/c1-14-22-19(13-20(23-14)25-16-8-5-3-4-6-9-16)21(28)26-18-11-7-10-17(12-18)24-15(2)27/h7,10-13,16H,3-6,8-9H2,1-2H3,(H,24,27)(H,26,28)(H,22,23,25). The molecule has 1 heterocycles. The number of aryl methyl sites for hydroxylation is 1. The number of rotatable bonds is 5. The fourth-order valence-corrected chi connectivity index (χ4v) is 3.46. The van der Waals surface area contributed by atoms with Gasteiger partial charge < -0.3 is 16.0 Å². The first-order chi connectivity index (χ1) is 13.5. The highest BCUT2D eigenvalue weighted by Gasteiger charge is 2.15. The summed E-state index contributed by atoms with van der Waals surface area (Å²) in [5.41, 5.74) is 1.53. The van der Waals surface area contributed by atoms with Gasteiger partial charge in [0.25, 0.3) is 5.91 Å². The van der Waals surface area contributed by atoms with Gasteiger partial charge in [-0.05, 0) is 38.0 Å². The molecule has 0 saturated heterocycles. The Morgan fingerprint density at radius 2 is 1.64 bits per heavy atom. The fraction of sp³-hybridized carbons (Fsp3) is 0.429. The highest BCUT2D eigenvalue weighted by molar-refractivity contribution is 6.03. The third-order valence-corrected chi connectivity index (χ3v) is 4.72. The van der Waals surface area contributed by atoms with Crippen LogP contribution in [0.3, 0.4) is 0 Å². The zero-order valence-electron chi connectivity index (χ0n) is 16.4. The van der Waals surface area contributed by atoms with Crippen molar-refractivity contribution in [2.24, 2.45) is 0 Å². The van der Waals surface area contributed by atoms with E-state index in [1.807, 2.05) is 0 Å². The smallest absolute Gasteiger partial charge is 0.274 e. The van der Waals surface area contributed by atoms with Gasteiger partial charge in [0, 0.05) is 30.4 Å². The summed E-state index contributed by atoms with van der Waals surface area (Å²) in [6.07, 6.45) is 7.26. The van der Waals surface area contributed by atoms with Crippen molar-refractivity contribution in [3.63, 3.8) is 0 Å². The lowest BCUT2D eigenvalue weighted by Crippen LogP contribution is -2.21. The molecule has 2 amide bonds. The summed E-state index contributed by atoms with van der Waals surface area (Å²) in [5.74, 6) is 0.769. The number of carbonyl (C=O) groups is 2. The quantitative estimate of drug-likeness (QED) is 0.677. The maximum Gasteiger partial charge on any atom is 0.274 e. The molecule has 0 radical (unpaired) electrons. The minimum Gasteiger partial charge on any atom is -0.367 e. The molecule has 7 nitrogen and oxygen atoms in total. The van der Waals surface area contributed by atoms with Crippen molar-refractivity contribution in [3.05, 3.63) is 41.9 Å². The van der Waals surface area contributed by atoms with Crippen LogP contribution >= 0.6 is 0 Å². The Hall–Kier alpha value is -2.96. The maximum absolute atomic E-state index is 12.7. The Kier molecular flexibility index (Phi) is 6.57. The summed E-state index contributed by atoms with van der Waals surface area (Å²) >= 11 is 0. The lowest BCUT2D eigenvalue weighted by Gasteiger charge is -2.17. The van der Waals surface area contributed by atoms with Crippen molar-refractivity contribution in [1.82, 2.24) is 9.97 Å². The van der Waals surface area contributed by atoms with E-state index in [4.69, 9.17) is 0 Å². The molecule has 3 N–H and O–H groups in total. The predicted octanol–water partition coefficient (Wildman–Crippen LogP) is 4.13. The van der Waals surface area contributed by atoms with Crippen molar-refractivity contribution in [2.45, 2.75) is 58.4 Å². The molecule has 0 bridgehead atoms. The van der Waals surface area contributed by atoms with E-state index in [2.05, 4.69) is 25.9 Å². The molecule has 7 heteroatoms. The Morgan fingerprint density at radius 1 is 0.964 bits per heavy atom. The lowest BCUT2D eigenvalue weighted by molar-refractivity contribution is -0.114. The molecule has 28 heavy (non-hydrogen) atoms. The van der Waals surface area contributed by atoms with E-state index in [0.717, 1.165) is 12.8 Å². The SMILES string of the molecule is CC(=O)Nc1cccc(NC(=O)c2cc(NC3CCCCCC3)nc(C)n2)c1. The lowest BCUT2D eigenvalue weighted by atomic mass is 10.1. The number of nitrogens with one attached hydrogen (secondary N) is 3. The van der Waals surface area contributed by atoms with Crippen molar-refractivity contribution in [1.29, 1.82) is 0 Å². The van der Waals surface area contributed by atoms with Crippen molar-refractivity contribution in [3.8, 4) is 0 Å². The van der Waals surface area contributed by atoms with Gasteiger partial charge in [-0.25, -0.2) is 9.97 Å². The molecule has 1 saturated carbocycles. The van der Waals surface area contributed by atoms with Gasteiger partial charge in [-0.15, -0.1) is 0 Å². The summed E-state index contributed by atoms with van der Waals surface area (Å²) in [5, 5.41) is 9.01. The summed E-state index contributed by atoms with van der Waals surface area (Å²) in [4.78, 5) is 32.6. The van der Waals surface area contributed by atoms with E-state index in [9.17, 15) is 9.59 Å². The minimum atomic E-state index is -0.311. The third kappa shape index (κ3) is 5.77. The molecule has 0 unspecified atom stereocenters. The molecule has 3 rings (SSSR count). The van der Waals surface area contributed by atoms with Crippen LogP contribution < -0.4 is 16.0 Å². The number of nitrogens with zero attached hydrogens (tertiary/aromatic N) is 2. The summed E-state index contributed by atoms with van der Waals surface area (Å²) < 4.78 is 0. The van der Waals surface area contributed by atoms with E-state index in [1.54, 1.807) is 37.3 Å². The molecule has 1 fully saturated rings. The normalized spacial score (nSPS) is 14.8. The first-order valence-electron chi connectivity index (χ1n) is 9.81. The number of hydrogen-bond acceptors (Lipinski definition) is 5. The van der Waals surface area contributed by atoms with Gasteiger partial charge >= 0.3 is 0 Å². The van der Waals surface area contributed by atoms with Crippen LogP contribution in [-0.2, 0) is 4.79 Å². The predicted molar refractivity (Wildman–Crippen MR) is 111 cm³/mol. The average Bonchev–Trinajstić information content (AvgIpc) is 2.89. The van der Waals surface area contributed by atoms with E-state index in [-0.39, 0.29) is 11.8 Å².